The van der Waals surface area contributed by atoms with Gasteiger partial charge in [0.05, 0.1) is 6.54 Å². The van der Waals surface area contributed by atoms with Crippen LogP contribution >= 0.6 is 11.6 Å². The molecule has 21 heavy (non-hydrogen) atoms. The van der Waals surface area contributed by atoms with Gasteiger partial charge in [0.1, 0.15) is 5.69 Å². The monoisotopic (exact) mass is 301 g/mol. The normalized spacial score (nSPS) is 9.62. The summed E-state index contributed by atoms with van der Waals surface area (Å²) in [6, 6.07) is 9.81. The number of carbonyl (C=O) groups is 1. The zero-order valence-corrected chi connectivity index (χ0v) is 12.0. The topological polar surface area (TPSA) is 64.0 Å². The maximum atomic E-state index is 11.8. The van der Waals surface area contributed by atoms with Gasteiger partial charge in [-0.05, 0) is 24.3 Å². The lowest BCUT2D eigenvalue weighted by Gasteiger charge is -2.01. The van der Waals surface area contributed by atoms with E-state index in [0.717, 1.165) is 10.2 Å². The molecule has 0 saturated carbocycles. The van der Waals surface area contributed by atoms with Gasteiger partial charge < -0.3 is 5.32 Å². The molecule has 1 heterocycles. The smallest absolute Gasteiger partial charge is 0.272 e. The van der Waals surface area contributed by atoms with Crippen molar-refractivity contribution in [3.63, 3.8) is 0 Å². The summed E-state index contributed by atoms with van der Waals surface area (Å²) in [6.07, 6.45) is 0. The zero-order valence-electron chi connectivity index (χ0n) is 11.3. The van der Waals surface area contributed by atoms with Crippen molar-refractivity contribution in [2.75, 3.05) is 6.54 Å². The third kappa shape index (κ3) is 4.20. The predicted molar refractivity (Wildman–Crippen MR) is 80.1 cm³/mol. The van der Waals surface area contributed by atoms with Crippen LogP contribution < -0.4 is 10.9 Å². The number of benzene rings is 1. The number of rotatable bonds is 2. The highest BCUT2D eigenvalue weighted by molar-refractivity contribution is 6.30. The number of nitrogens with one attached hydrogen (secondary N) is 1. The van der Waals surface area contributed by atoms with E-state index in [1.165, 1.54) is 19.2 Å². The molecule has 0 aliphatic carbocycles. The molecule has 0 atom stereocenters. The van der Waals surface area contributed by atoms with E-state index in [-0.39, 0.29) is 23.7 Å². The first-order valence-corrected chi connectivity index (χ1v) is 6.51. The van der Waals surface area contributed by atoms with Crippen LogP contribution in [0.3, 0.4) is 0 Å². The summed E-state index contributed by atoms with van der Waals surface area (Å²) in [5.41, 5.74) is 0.672. The highest BCUT2D eigenvalue weighted by Crippen LogP contribution is 2.09. The van der Waals surface area contributed by atoms with Crippen LogP contribution in [0.25, 0.3) is 0 Å². The van der Waals surface area contributed by atoms with E-state index in [2.05, 4.69) is 22.3 Å². The SMILES string of the molecule is Cn1nc(C(=O)NCC#Cc2cccc(Cl)c2)ccc1=O. The Bertz CT molecular complexity index is 787. The summed E-state index contributed by atoms with van der Waals surface area (Å²) in [5, 5.41) is 7.07. The zero-order chi connectivity index (χ0) is 15.2. The molecule has 1 aromatic heterocycles. The van der Waals surface area contributed by atoms with Crippen molar-refractivity contribution in [3.05, 3.63) is 63.0 Å². The van der Waals surface area contributed by atoms with Gasteiger partial charge in [-0.3, -0.25) is 9.59 Å². The van der Waals surface area contributed by atoms with Gasteiger partial charge in [-0.15, -0.1) is 0 Å². The lowest BCUT2D eigenvalue weighted by molar-refractivity contribution is 0.0951. The fourth-order valence-corrected chi connectivity index (χ4v) is 1.74. The molecule has 0 saturated heterocycles. The summed E-state index contributed by atoms with van der Waals surface area (Å²) in [6.45, 7) is 0.176. The van der Waals surface area contributed by atoms with Crippen molar-refractivity contribution < 1.29 is 4.79 Å². The van der Waals surface area contributed by atoms with E-state index in [9.17, 15) is 9.59 Å². The van der Waals surface area contributed by atoms with Crippen LogP contribution in [-0.4, -0.2) is 22.2 Å². The molecular weight excluding hydrogens is 290 g/mol. The third-order valence-corrected chi connectivity index (χ3v) is 2.82. The molecule has 106 valence electrons. The second kappa shape index (κ2) is 6.73. The minimum Gasteiger partial charge on any atom is -0.340 e. The highest BCUT2D eigenvalue weighted by atomic mass is 35.5. The van der Waals surface area contributed by atoms with E-state index in [1.807, 2.05) is 6.07 Å². The molecule has 1 N–H and O–H groups in total. The fraction of sp³-hybridized carbons (Fsp3) is 0.133. The van der Waals surface area contributed by atoms with Gasteiger partial charge in [-0.2, -0.15) is 5.10 Å². The Kier molecular flexibility index (Phi) is 4.75. The number of nitrogens with zero attached hydrogens (tertiary/aromatic N) is 2. The predicted octanol–water partition coefficient (Wildman–Crippen LogP) is 1.22. The summed E-state index contributed by atoms with van der Waals surface area (Å²) >= 11 is 5.84. The minimum atomic E-state index is -0.383. The Morgan fingerprint density at radius 2 is 2.19 bits per heavy atom. The molecule has 0 aliphatic rings. The lowest BCUT2D eigenvalue weighted by atomic mass is 10.2. The molecule has 5 nitrogen and oxygen atoms in total. The molecule has 0 unspecified atom stereocenters. The maximum Gasteiger partial charge on any atom is 0.272 e. The number of amides is 1. The number of hydrogen-bond donors (Lipinski definition) is 1. The number of carbonyl (C=O) groups excluding carboxylic acids is 1. The Morgan fingerprint density at radius 1 is 1.38 bits per heavy atom. The van der Waals surface area contributed by atoms with E-state index >= 15 is 0 Å². The molecule has 0 fully saturated rings. The number of aromatic nitrogens is 2. The second-order valence-corrected chi connectivity index (χ2v) is 4.61. The Balaban J connectivity index is 1.96. The van der Waals surface area contributed by atoms with Crippen molar-refractivity contribution in [3.8, 4) is 11.8 Å². The quantitative estimate of drug-likeness (QED) is 0.848. The summed E-state index contributed by atoms with van der Waals surface area (Å²) in [7, 11) is 1.48. The van der Waals surface area contributed by atoms with E-state index in [0.29, 0.717) is 5.02 Å². The summed E-state index contributed by atoms with van der Waals surface area (Å²) in [4.78, 5) is 23.0. The van der Waals surface area contributed by atoms with Gasteiger partial charge in [-0.1, -0.05) is 29.5 Å². The molecule has 2 rings (SSSR count). The standard InChI is InChI=1S/C15H12ClN3O2/c1-19-14(20)8-7-13(18-19)15(21)17-9-3-5-11-4-2-6-12(16)10-11/h2,4,6-8,10H,9H2,1H3,(H,17,21). The molecular formula is C15H12ClN3O2. The largest absolute Gasteiger partial charge is 0.340 e. The van der Waals surface area contributed by atoms with Crippen molar-refractivity contribution in [2.24, 2.45) is 7.05 Å². The van der Waals surface area contributed by atoms with Crippen LogP contribution in [0.15, 0.2) is 41.2 Å². The maximum absolute atomic E-state index is 11.8. The van der Waals surface area contributed by atoms with Crippen molar-refractivity contribution >= 4 is 17.5 Å². The van der Waals surface area contributed by atoms with Crippen molar-refractivity contribution in [2.45, 2.75) is 0 Å². The van der Waals surface area contributed by atoms with Crippen molar-refractivity contribution in [1.29, 1.82) is 0 Å². The van der Waals surface area contributed by atoms with Crippen LogP contribution in [0.2, 0.25) is 5.02 Å². The fourth-order valence-electron chi connectivity index (χ4n) is 1.55. The Hall–Kier alpha value is -2.58. The molecule has 1 aromatic carbocycles. The second-order valence-electron chi connectivity index (χ2n) is 4.18. The first-order valence-electron chi connectivity index (χ1n) is 6.13. The van der Waals surface area contributed by atoms with E-state index in [1.54, 1.807) is 18.2 Å². The van der Waals surface area contributed by atoms with Gasteiger partial charge >= 0.3 is 0 Å². The number of aryl methyl sites for hydroxylation is 1. The van der Waals surface area contributed by atoms with E-state index < -0.39 is 0 Å². The summed E-state index contributed by atoms with van der Waals surface area (Å²) in [5.74, 6) is 5.32. The molecule has 1 amide bonds. The van der Waals surface area contributed by atoms with Gasteiger partial charge in [0, 0.05) is 23.7 Å². The molecule has 0 spiro atoms. The lowest BCUT2D eigenvalue weighted by Crippen LogP contribution is -2.28. The summed E-state index contributed by atoms with van der Waals surface area (Å²) < 4.78 is 1.10. The molecule has 6 heteroatoms. The third-order valence-electron chi connectivity index (χ3n) is 2.59. The van der Waals surface area contributed by atoms with Gasteiger partial charge in [0.25, 0.3) is 11.5 Å². The highest BCUT2D eigenvalue weighted by Gasteiger charge is 2.06. The van der Waals surface area contributed by atoms with Gasteiger partial charge in [0.15, 0.2) is 0 Å². The average molecular weight is 302 g/mol. The first-order chi connectivity index (χ1) is 10.1. The molecule has 0 radical (unpaired) electrons. The Labute approximate surface area is 126 Å². The van der Waals surface area contributed by atoms with Gasteiger partial charge in [0.2, 0.25) is 0 Å². The van der Waals surface area contributed by atoms with Crippen LogP contribution in [0.1, 0.15) is 16.1 Å². The van der Waals surface area contributed by atoms with Crippen LogP contribution in [0.5, 0.6) is 0 Å². The molecule has 0 aliphatic heterocycles. The van der Waals surface area contributed by atoms with E-state index in [4.69, 9.17) is 11.6 Å². The number of halogens is 1. The first kappa shape index (κ1) is 14.8. The Morgan fingerprint density at radius 3 is 2.90 bits per heavy atom. The van der Waals surface area contributed by atoms with Crippen molar-refractivity contribution in [1.82, 2.24) is 15.1 Å². The van der Waals surface area contributed by atoms with Gasteiger partial charge in [-0.25, -0.2) is 4.68 Å². The number of hydrogen-bond acceptors (Lipinski definition) is 3. The average Bonchev–Trinajstić information content (AvgIpc) is 2.46. The molecule has 2 aromatic rings. The minimum absolute atomic E-state index is 0.168. The van der Waals surface area contributed by atoms with Crippen LogP contribution in [0.4, 0.5) is 0 Å². The van der Waals surface area contributed by atoms with Crippen LogP contribution in [-0.2, 0) is 7.05 Å². The van der Waals surface area contributed by atoms with Crippen LogP contribution in [0, 0.1) is 11.8 Å². The molecule has 0 bridgehead atoms.